The predicted octanol–water partition coefficient (Wildman–Crippen LogP) is 2.65. The minimum Gasteiger partial charge on any atom is -0.480 e. The smallest absolute Gasteiger partial charge is 0.331 e. The Hall–Kier alpha value is -0.550. The van der Waals surface area contributed by atoms with Crippen molar-refractivity contribution in [3.05, 3.63) is 0 Å². The van der Waals surface area contributed by atoms with E-state index in [-0.39, 0.29) is 0 Å². The van der Waals surface area contributed by atoms with E-state index in [2.05, 4.69) is 19.6 Å². The number of nitrogens with two attached hydrogens (primary N) is 1. The van der Waals surface area contributed by atoms with Crippen LogP contribution in [-0.2, 0) is 9.59 Å². The molecule has 0 rings (SSSR count). The van der Waals surface area contributed by atoms with Crippen LogP contribution in [-0.4, -0.2) is 27.6 Å². The Morgan fingerprint density at radius 3 is 2.26 bits per heavy atom. The highest BCUT2D eigenvalue weighted by Gasteiger charge is 2.47. The zero-order chi connectivity index (χ0) is 15.1. The Kier molecular flexibility index (Phi) is 8.34. The number of carbonyl (C=O) groups is 2. The van der Waals surface area contributed by atoms with E-state index >= 15 is 0 Å². The van der Waals surface area contributed by atoms with Gasteiger partial charge in [-0.1, -0.05) is 52.9 Å². The van der Waals surface area contributed by atoms with Crippen molar-refractivity contribution in [2.75, 3.05) is 0 Å². The van der Waals surface area contributed by atoms with Crippen LogP contribution in [0.4, 0.5) is 0 Å². The summed E-state index contributed by atoms with van der Waals surface area (Å²) in [6.07, 6.45) is 5.29. The number of aliphatic carboxylic acids is 1. The standard InChI is InChI=1S/C14H27NO3S/c1-4-6-7-8-9-11(19)12(16)14(15,13(17)18)10(3)5-2/h10-11,19H,4-9,15H2,1-3H3,(H,17,18). The molecule has 0 aliphatic heterocycles. The zero-order valence-electron chi connectivity index (χ0n) is 12.2. The first kappa shape index (κ1) is 18.4. The van der Waals surface area contributed by atoms with E-state index in [0.29, 0.717) is 12.8 Å². The Bertz CT molecular complexity index is 309. The van der Waals surface area contributed by atoms with Crippen LogP contribution in [0.15, 0.2) is 0 Å². The molecular weight excluding hydrogens is 262 g/mol. The molecule has 0 saturated carbocycles. The molecule has 112 valence electrons. The van der Waals surface area contributed by atoms with E-state index in [1.54, 1.807) is 6.92 Å². The second-order valence-electron chi connectivity index (χ2n) is 5.21. The van der Waals surface area contributed by atoms with E-state index in [0.717, 1.165) is 25.7 Å². The molecule has 5 heteroatoms. The van der Waals surface area contributed by atoms with E-state index in [9.17, 15) is 14.7 Å². The summed E-state index contributed by atoms with van der Waals surface area (Å²) in [5, 5.41) is 8.69. The third-order valence-electron chi connectivity index (χ3n) is 3.79. The maximum Gasteiger partial charge on any atom is 0.331 e. The molecule has 0 saturated heterocycles. The third kappa shape index (κ3) is 4.80. The first-order chi connectivity index (χ1) is 8.82. The lowest BCUT2D eigenvalue weighted by Gasteiger charge is -2.31. The molecule has 0 aromatic rings. The quantitative estimate of drug-likeness (QED) is 0.328. The molecule has 0 radical (unpaired) electrons. The molecule has 0 fully saturated rings. The van der Waals surface area contributed by atoms with Crippen molar-refractivity contribution in [3.63, 3.8) is 0 Å². The number of thiol groups is 1. The molecular formula is C14H27NO3S. The summed E-state index contributed by atoms with van der Waals surface area (Å²) in [6, 6.07) is 0. The van der Waals surface area contributed by atoms with Crippen LogP contribution >= 0.6 is 12.6 Å². The number of unbranched alkanes of at least 4 members (excludes halogenated alkanes) is 3. The van der Waals surface area contributed by atoms with Gasteiger partial charge < -0.3 is 10.8 Å². The van der Waals surface area contributed by atoms with Gasteiger partial charge in [-0.3, -0.25) is 4.79 Å². The van der Waals surface area contributed by atoms with Gasteiger partial charge in [-0.25, -0.2) is 4.79 Å². The number of hydrogen-bond donors (Lipinski definition) is 3. The van der Waals surface area contributed by atoms with Gasteiger partial charge in [-0.2, -0.15) is 12.6 Å². The number of rotatable bonds is 10. The zero-order valence-corrected chi connectivity index (χ0v) is 13.1. The molecule has 0 aliphatic rings. The average molecular weight is 289 g/mol. The number of carbonyl (C=O) groups excluding carboxylic acids is 1. The summed E-state index contributed by atoms with van der Waals surface area (Å²) in [7, 11) is 0. The van der Waals surface area contributed by atoms with Crippen molar-refractivity contribution in [2.45, 2.75) is 70.1 Å². The normalized spacial score (nSPS) is 17.5. The summed E-state index contributed by atoms with van der Waals surface area (Å²) in [5.41, 5.74) is 4.06. The first-order valence-corrected chi connectivity index (χ1v) is 7.58. The van der Waals surface area contributed by atoms with Crippen molar-refractivity contribution in [2.24, 2.45) is 11.7 Å². The maximum absolute atomic E-state index is 12.3. The van der Waals surface area contributed by atoms with Gasteiger partial charge in [0.15, 0.2) is 11.3 Å². The molecule has 0 aliphatic carbocycles. The second-order valence-corrected chi connectivity index (χ2v) is 5.84. The molecule has 0 aromatic heterocycles. The molecule has 0 amide bonds. The van der Waals surface area contributed by atoms with Gasteiger partial charge in [0.2, 0.25) is 0 Å². The molecule has 3 atom stereocenters. The number of Topliss-reactive ketones (excluding diaryl/α,β-unsaturated/α-hetero) is 1. The monoisotopic (exact) mass is 289 g/mol. The molecule has 0 aromatic carbocycles. The van der Waals surface area contributed by atoms with Gasteiger partial charge in [0.05, 0.1) is 5.25 Å². The fourth-order valence-corrected chi connectivity index (χ4v) is 2.45. The fourth-order valence-electron chi connectivity index (χ4n) is 2.05. The van der Waals surface area contributed by atoms with Gasteiger partial charge in [-0.05, 0) is 12.3 Å². The highest BCUT2D eigenvalue weighted by Crippen LogP contribution is 2.24. The maximum atomic E-state index is 12.3. The van der Waals surface area contributed by atoms with Crippen molar-refractivity contribution in [1.82, 2.24) is 0 Å². The summed E-state index contributed by atoms with van der Waals surface area (Å²) in [4.78, 5) is 23.7. The van der Waals surface area contributed by atoms with E-state index < -0.39 is 28.5 Å². The minimum absolute atomic E-state index is 0.400. The number of carboxylic acids is 1. The topological polar surface area (TPSA) is 80.4 Å². The molecule has 4 nitrogen and oxygen atoms in total. The van der Waals surface area contributed by atoms with E-state index in [1.807, 2.05) is 6.92 Å². The van der Waals surface area contributed by atoms with Crippen molar-refractivity contribution in [1.29, 1.82) is 0 Å². The summed E-state index contributed by atoms with van der Waals surface area (Å²) in [6.45, 7) is 5.64. The van der Waals surface area contributed by atoms with Gasteiger partial charge in [0.1, 0.15) is 0 Å². The SMILES string of the molecule is CCCCCCC(S)C(=O)C(N)(C(=O)O)C(C)CC. The van der Waals surface area contributed by atoms with Crippen LogP contribution in [0.2, 0.25) is 0 Å². The van der Waals surface area contributed by atoms with Crippen LogP contribution in [0.25, 0.3) is 0 Å². The van der Waals surface area contributed by atoms with Gasteiger partial charge in [-0.15, -0.1) is 0 Å². The predicted molar refractivity (Wildman–Crippen MR) is 80.5 cm³/mol. The first-order valence-electron chi connectivity index (χ1n) is 7.06. The Balaban J connectivity index is 4.68. The molecule has 19 heavy (non-hydrogen) atoms. The van der Waals surface area contributed by atoms with Crippen molar-refractivity contribution in [3.8, 4) is 0 Å². The largest absolute Gasteiger partial charge is 0.480 e. The fraction of sp³-hybridized carbons (Fsp3) is 0.857. The molecule has 3 unspecified atom stereocenters. The molecule has 0 bridgehead atoms. The highest BCUT2D eigenvalue weighted by molar-refractivity contribution is 7.81. The summed E-state index contributed by atoms with van der Waals surface area (Å²) >= 11 is 4.26. The van der Waals surface area contributed by atoms with Crippen molar-refractivity contribution < 1.29 is 14.7 Å². The lowest BCUT2D eigenvalue weighted by atomic mass is 9.79. The van der Waals surface area contributed by atoms with Crippen LogP contribution in [0.3, 0.4) is 0 Å². The second kappa shape index (κ2) is 8.59. The van der Waals surface area contributed by atoms with Crippen LogP contribution in [0, 0.1) is 5.92 Å². The van der Waals surface area contributed by atoms with Crippen LogP contribution < -0.4 is 5.73 Å². The summed E-state index contributed by atoms with van der Waals surface area (Å²) < 4.78 is 0. The van der Waals surface area contributed by atoms with Gasteiger partial charge in [0.25, 0.3) is 0 Å². The number of carboxylic acid groups (broad SMARTS) is 1. The van der Waals surface area contributed by atoms with Crippen molar-refractivity contribution >= 4 is 24.4 Å². The van der Waals surface area contributed by atoms with Gasteiger partial charge >= 0.3 is 5.97 Å². The van der Waals surface area contributed by atoms with Crippen LogP contribution in [0.5, 0.6) is 0 Å². The molecule has 3 N–H and O–H groups in total. The minimum atomic E-state index is -1.81. The average Bonchev–Trinajstić information content (AvgIpc) is 2.40. The lowest BCUT2D eigenvalue weighted by molar-refractivity contribution is -0.150. The van der Waals surface area contributed by atoms with Crippen LogP contribution in [0.1, 0.15) is 59.3 Å². The number of hydrogen-bond acceptors (Lipinski definition) is 4. The third-order valence-corrected chi connectivity index (χ3v) is 4.28. The Morgan fingerprint density at radius 1 is 1.26 bits per heavy atom. The number of ketones is 1. The summed E-state index contributed by atoms with van der Waals surface area (Å²) in [5.74, 6) is -2.11. The molecule has 0 spiro atoms. The Labute approximate surface area is 121 Å². The van der Waals surface area contributed by atoms with E-state index in [1.165, 1.54) is 0 Å². The molecule has 0 heterocycles. The Morgan fingerprint density at radius 2 is 1.84 bits per heavy atom. The van der Waals surface area contributed by atoms with Gasteiger partial charge in [0, 0.05) is 0 Å². The highest BCUT2D eigenvalue weighted by atomic mass is 32.1. The lowest BCUT2D eigenvalue weighted by Crippen LogP contribution is -2.61. The van der Waals surface area contributed by atoms with E-state index in [4.69, 9.17) is 5.73 Å².